The van der Waals surface area contributed by atoms with Crippen LogP contribution in [0.2, 0.25) is 0 Å². The molecular weight excluding hydrogens is 228 g/mol. The predicted octanol–water partition coefficient (Wildman–Crippen LogP) is 2.05. The monoisotopic (exact) mass is 246 g/mol. The van der Waals surface area contributed by atoms with Crippen molar-refractivity contribution in [3.63, 3.8) is 0 Å². The molecule has 4 nitrogen and oxygen atoms in total. The highest BCUT2D eigenvalue weighted by Crippen LogP contribution is 2.13. The molecule has 2 rings (SSSR count). The molecule has 0 saturated heterocycles. The Morgan fingerprint density at radius 3 is 2.22 bits per heavy atom. The van der Waals surface area contributed by atoms with Gasteiger partial charge in [0.05, 0.1) is 17.6 Å². The maximum Gasteiger partial charge on any atom is 0.329 e. The average molecular weight is 246 g/mol. The molecule has 0 atom stereocenters. The van der Waals surface area contributed by atoms with E-state index in [0.717, 1.165) is 11.0 Å². The highest BCUT2D eigenvalue weighted by atomic mass is 16.2. The van der Waals surface area contributed by atoms with Gasteiger partial charge in [0.1, 0.15) is 0 Å². The van der Waals surface area contributed by atoms with Crippen LogP contribution >= 0.6 is 0 Å². The number of para-hydroxylation sites is 2. The molecule has 4 heteroatoms. The van der Waals surface area contributed by atoms with Gasteiger partial charge in [-0.05, 0) is 19.1 Å². The number of carbonyl (C=O) groups is 1. The van der Waals surface area contributed by atoms with Gasteiger partial charge in [0.2, 0.25) is 0 Å². The Balaban J connectivity index is 2.60. The van der Waals surface area contributed by atoms with E-state index in [1.807, 2.05) is 45.0 Å². The molecule has 0 N–H and O–H groups in total. The Morgan fingerprint density at radius 1 is 1.17 bits per heavy atom. The summed E-state index contributed by atoms with van der Waals surface area (Å²) in [4.78, 5) is 24.1. The molecule has 0 aliphatic heterocycles. The SMILES string of the molecule is CCn1c(=O)n(CC(=O)C(C)C)c2ccccc21. The lowest BCUT2D eigenvalue weighted by molar-refractivity contribution is -0.122. The third-order valence-corrected chi connectivity index (χ3v) is 3.20. The molecule has 0 aliphatic rings. The number of aromatic nitrogens is 2. The van der Waals surface area contributed by atoms with Gasteiger partial charge in [-0.15, -0.1) is 0 Å². The summed E-state index contributed by atoms with van der Waals surface area (Å²) in [6.07, 6.45) is 0. The molecule has 0 spiro atoms. The fourth-order valence-electron chi connectivity index (χ4n) is 2.07. The number of Topliss-reactive ketones (excluding diaryl/α,β-unsaturated/α-hetero) is 1. The normalized spacial score (nSPS) is 11.3. The number of imidazole rings is 1. The summed E-state index contributed by atoms with van der Waals surface area (Å²) in [6, 6.07) is 7.59. The first-order valence-electron chi connectivity index (χ1n) is 6.27. The molecule has 0 aliphatic carbocycles. The van der Waals surface area contributed by atoms with Crippen molar-refractivity contribution in [3.8, 4) is 0 Å². The van der Waals surface area contributed by atoms with Crippen molar-refractivity contribution in [3.05, 3.63) is 34.7 Å². The number of hydrogen-bond acceptors (Lipinski definition) is 2. The highest BCUT2D eigenvalue weighted by Gasteiger charge is 2.15. The van der Waals surface area contributed by atoms with Gasteiger partial charge in [-0.3, -0.25) is 13.9 Å². The van der Waals surface area contributed by atoms with Crippen LogP contribution in [0.3, 0.4) is 0 Å². The maximum absolute atomic E-state index is 12.3. The standard InChI is InChI=1S/C14H18N2O2/c1-4-15-11-7-5-6-8-12(11)16(14(15)18)9-13(17)10(2)3/h5-8,10H,4,9H2,1-3H3. The van der Waals surface area contributed by atoms with E-state index in [9.17, 15) is 9.59 Å². The van der Waals surface area contributed by atoms with Crippen molar-refractivity contribution < 1.29 is 4.79 Å². The second-order valence-corrected chi connectivity index (χ2v) is 4.72. The predicted molar refractivity (Wildman–Crippen MR) is 71.7 cm³/mol. The third kappa shape index (κ3) is 1.98. The molecule has 1 aromatic carbocycles. The summed E-state index contributed by atoms with van der Waals surface area (Å²) in [5, 5.41) is 0. The summed E-state index contributed by atoms with van der Waals surface area (Å²) in [7, 11) is 0. The van der Waals surface area contributed by atoms with Gasteiger partial charge < -0.3 is 0 Å². The number of rotatable bonds is 4. The molecule has 1 heterocycles. The zero-order valence-electron chi connectivity index (χ0n) is 11.0. The minimum Gasteiger partial charge on any atom is -0.297 e. The number of hydrogen-bond donors (Lipinski definition) is 0. The Labute approximate surface area is 106 Å². The average Bonchev–Trinajstić information content (AvgIpc) is 2.62. The zero-order chi connectivity index (χ0) is 13.3. The fourth-order valence-corrected chi connectivity index (χ4v) is 2.07. The number of nitrogens with zero attached hydrogens (tertiary/aromatic N) is 2. The molecule has 96 valence electrons. The number of carbonyl (C=O) groups excluding carboxylic acids is 1. The van der Waals surface area contributed by atoms with E-state index >= 15 is 0 Å². The van der Waals surface area contributed by atoms with E-state index in [2.05, 4.69) is 0 Å². The van der Waals surface area contributed by atoms with Crippen LogP contribution in [0.5, 0.6) is 0 Å². The molecule has 0 radical (unpaired) electrons. The summed E-state index contributed by atoms with van der Waals surface area (Å²) < 4.78 is 3.27. The van der Waals surface area contributed by atoms with E-state index in [0.29, 0.717) is 6.54 Å². The second kappa shape index (κ2) is 4.80. The molecule has 0 amide bonds. The van der Waals surface area contributed by atoms with Crippen LogP contribution in [0.4, 0.5) is 0 Å². The molecule has 2 aromatic rings. The van der Waals surface area contributed by atoms with Crippen molar-refractivity contribution in [2.45, 2.75) is 33.9 Å². The Morgan fingerprint density at radius 2 is 1.72 bits per heavy atom. The van der Waals surface area contributed by atoms with Gasteiger partial charge in [0, 0.05) is 12.5 Å². The quantitative estimate of drug-likeness (QED) is 0.828. The minimum atomic E-state index is -0.104. The molecule has 0 saturated carbocycles. The largest absolute Gasteiger partial charge is 0.329 e. The van der Waals surface area contributed by atoms with Gasteiger partial charge in [-0.1, -0.05) is 26.0 Å². The van der Waals surface area contributed by atoms with Crippen molar-refractivity contribution in [2.24, 2.45) is 5.92 Å². The Bertz CT molecular complexity index is 635. The fraction of sp³-hybridized carbons (Fsp3) is 0.429. The van der Waals surface area contributed by atoms with Gasteiger partial charge in [-0.25, -0.2) is 4.79 Å². The molecule has 0 unspecified atom stereocenters. The van der Waals surface area contributed by atoms with Crippen molar-refractivity contribution in [1.82, 2.24) is 9.13 Å². The number of fused-ring (bicyclic) bond motifs is 1. The van der Waals surface area contributed by atoms with E-state index in [4.69, 9.17) is 0 Å². The molecule has 18 heavy (non-hydrogen) atoms. The van der Waals surface area contributed by atoms with E-state index in [1.54, 1.807) is 9.13 Å². The lowest BCUT2D eigenvalue weighted by Gasteiger charge is -2.05. The van der Waals surface area contributed by atoms with E-state index < -0.39 is 0 Å². The Kier molecular flexibility index (Phi) is 3.36. The van der Waals surface area contributed by atoms with E-state index in [1.165, 1.54) is 0 Å². The Hall–Kier alpha value is -1.84. The smallest absolute Gasteiger partial charge is 0.297 e. The van der Waals surface area contributed by atoms with Crippen LogP contribution in [0.25, 0.3) is 11.0 Å². The van der Waals surface area contributed by atoms with E-state index in [-0.39, 0.29) is 23.9 Å². The number of ketones is 1. The van der Waals surface area contributed by atoms with Crippen molar-refractivity contribution >= 4 is 16.8 Å². The van der Waals surface area contributed by atoms with Gasteiger partial charge >= 0.3 is 5.69 Å². The van der Waals surface area contributed by atoms with Gasteiger partial charge in [0.15, 0.2) is 5.78 Å². The molecule has 0 bridgehead atoms. The summed E-state index contributed by atoms with van der Waals surface area (Å²) in [6.45, 7) is 6.41. The van der Waals surface area contributed by atoms with Gasteiger partial charge in [-0.2, -0.15) is 0 Å². The van der Waals surface area contributed by atoms with Crippen LogP contribution in [0, 0.1) is 5.92 Å². The second-order valence-electron chi connectivity index (χ2n) is 4.72. The molecule has 0 fully saturated rings. The summed E-state index contributed by atoms with van der Waals surface area (Å²) >= 11 is 0. The first kappa shape index (κ1) is 12.6. The van der Waals surface area contributed by atoms with Crippen LogP contribution < -0.4 is 5.69 Å². The van der Waals surface area contributed by atoms with Crippen molar-refractivity contribution in [1.29, 1.82) is 0 Å². The molecule has 1 aromatic heterocycles. The van der Waals surface area contributed by atoms with Crippen LogP contribution in [-0.2, 0) is 17.9 Å². The third-order valence-electron chi connectivity index (χ3n) is 3.20. The van der Waals surface area contributed by atoms with Gasteiger partial charge in [0.25, 0.3) is 0 Å². The maximum atomic E-state index is 12.3. The highest BCUT2D eigenvalue weighted by molar-refractivity contribution is 5.83. The first-order valence-corrected chi connectivity index (χ1v) is 6.27. The zero-order valence-corrected chi connectivity index (χ0v) is 11.0. The minimum absolute atomic E-state index is 0.0550. The number of benzene rings is 1. The van der Waals surface area contributed by atoms with Crippen molar-refractivity contribution in [2.75, 3.05) is 0 Å². The van der Waals surface area contributed by atoms with Crippen LogP contribution in [0.15, 0.2) is 29.1 Å². The topological polar surface area (TPSA) is 44.0 Å². The lowest BCUT2D eigenvalue weighted by Crippen LogP contribution is -2.28. The summed E-state index contributed by atoms with van der Waals surface area (Å²) in [5.74, 6) is 0.0248. The molecular formula is C14H18N2O2. The number of aryl methyl sites for hydroxylation is 1. The van der Waals surface area contributed by atoms with Crippen LogP contribution in [0.1, 0.15) is 20.8 Å². The first-order chi connectivity index (χ1) is 8.56. The lowest BCUT2D eigenvalue weighted by atomic mass is 10.1. The summed E-state index contributed by atoms with van der Waals surface area (Å²) in [5.41, 5.74) is 1.62. The van der Waals surface area contributed by atoms with Crippen LogP contribution in [-0.4, -0.2) is 14.9 Å².